The lowest BCUT2D eigenvalue weighted by molar-refractivity contribution is -0.147. The second-order valence-corrected chi connectivity index (χ2v) is 6.11. The van der Waals surface area contributed by atoms with Crippen LogP contribution in [-0.2, 0) is 19.6 Å². The van der Waals surface area contributed by atoms with Gasteiger partial charge in [0.1, 0.15) is 4.90 Å². The molecule has 0 saturated heterocycles. The van der Waals surface area contributed by atoms with Gasteiger partial charge in [-0.1, -0.05) is 23.2 Å². The van der Waals surface area contributed by atoms with Crippen molar-refractivity contribution in [1.29, 1.82) is 0 Å². The quantitative estimate of drug-likeness (QED) is 0.762. The second kappa shape index (κ2) is 6.68. The molecule has 0 amide bonds. The summed E-state index contributed by atoms with van der Waals surface area (Å²) >= 11 is 11.0. The number of carboxylic acids is 1. The smallest absolute Gasteiger partial charge is 0.334 e. The molecule has 1 rings (SSSR count). The van der Waals surface area contributed by atoms with Crippen molar-refractivity contribution in [2.75, 3.05) is 13.7 Å². The summed E-state index contributed by atoms with van der Waals surface area (Å²) in [5.74, 6) is -2.42. The summed E-state index contributed by atoms with van der Waals surface area (Å²) in [6, 6.07) is 2.04. The maximum absolute atomic E-state index is 13.4. The van der Waals surface area contributed by atoms with E-state index in [1.165, 1.54) is 0 Å². The minimum absolute atomic E-state index is 0.325. The van der Waals surface area contributed by atoms with Gasteiger partial charge in [0.05, 0.1) is 10.0 Å². The SMILES string of the molecule is COC(CNS(=O)(=O)c1ccc(Cl)c(F)c1Cl)C(=O)O. The Morgan fingerprint density at radius 1 is 1.50 bits per heavy atom. The Morgan fingerprint density at radius 3 is 2.60 bits per heavy atom. The number of rotatable bonds is 6. The molecule has 1 unspecified atom stereocenters. The second-order valence-electron chi connectivity index (χ2n) is 3.59. The number of ether oxygens (including phenoxy) is 1. The lowest BCUT2D eigenvalue weighted by Gasteiger charge is -2.13. The third-order valence-corrected chi connectivity index (χ3v) is 4.55. The predicted molar refractivity (Wildman–Crippen MR) is 70.0 cm³/mol. The number of methoxy groups -OCH3 is 1. The molecule has 0 spiro atoms. The molecule has 0 aliphatic carbocycles. The number of carbonyl (C=O) groups is 1. The van der Waals surface area contributed by atoms with Gasteiger partial charge >= 0.3 is 5.97 Å². The Labute approximate surface area is 124 Å². The van der Waals surface area contributed by atoms with Crippen LogP contribution in [0.5, 0.6) is 0 Å². The van der Waals surface area contributed by atoms with E-state index in [1.807, 2.05) is 4.72 Å². The summed E-state index contributed by atoms with van der Waals surface area (Å²) in [7, 11) is -3.08. The van der Waals surface area contributed by atoms with Crippen LogP contribution < -0.4 is 4.72 Å². The molecule has 10 heteroatoms. The van der Waals surface area contributed by atoms with E-state index in [-0.39, 0.29) is 5.02 Å². The molecule has 6 nitrogen and oxygen atoms in total. The molecule has 0 saturated carbocycles. The molecule has 1 aromatic rings. The van der Waals surface area contributed by atoms with Crippen molar-refractivity contribution < 1.29 is 27.4 Å². The molecule has 0 radical (unpaired) electrons. The third kappa shape index (κ3) is 3.80. The molecule has 1 atom stereocenters. The van der Waals surface area contributed by atoms with Gasteiger partial charge in [0.2, 0.25) is 10.0 Å². The predicted octanol–water partition coefficient (Wildman–Crippen LogP) is 1.51. The lowest BCUT2D eigenvalue weighted by atomic mass is 10.3. The van der Waals surface area contributed by atoms with Gasteiger partial charge in [0, 0.05) is 13.7 Å². The molecular weight excluding hydrogens is 336 g/mol. The van der Waals surface area contributed by atoms with E-state index in [1.54, 1.807) is 0 Å². The van der Waals surface area contributed by atoms with Crippen molar-refractivity contribution in [1.82, 2.24) is 4.72 Å². The topological polar surface area (TPSA) is 92.7 Å². The highest BCUT2D eigenvalue weighted by atomic mass is 35.5. The lowest BCUT2D eigenvalue weighted by Crippen LogP contribution is -2.37. The van der Waals surface area contributed by atoms with Crippen LogP contribution in [0.4, 0.5) is 4.39 Å². The van der Waals surface area contributed by atoms with E-state index >= 15 is 0 Å². The average Bonchev–Trinajstić information content (AvgIpc) is 2.36. The van der Waals surface area contributed by atoms with Crippen LogP contribution in [0.25, 0.3) is 0 Å². The molecule has 2 N–H and O–H groups in total. The van der Waals surface area contributed by atoms with Crippen LogP contribution in [0.2, 0.25) is 10.0 Å². The Bertz CT molecular complexity index is 622. The van der Waals surface area contributed by atoms with E-state index in [4.69, 9.17) is 28.3 Å². The summed E-state index contributed by atoms with van der Waals surface area (Å²) < 4.78 is 43.8. The Morgan fingerprint density at radius 2 is 2.10 bits per heavy atom. The van der Waals surface area contributed by atoms with Crippen molar-refractivity contribution in [2.24, 2.45) is 0 Å². The zero-order chi connectivity index (χ0) is 15.5. The first kappa shape index (κ1) is 17.1. The normalized spacial score (nSPS) is 13.2. The van der Waals surface area contributed by atoms with E-state index in [9.17, 15) is 17.6 Å². The average molecular weight is 346 g/mol. The minimum Gasteiger partial charge on any atom is -0.479 e. The number of hydrogen-bond acceptors (Lipinski definition) is 4. The maximum Gasteiger partial charge on any atom is 0.334 e. The van der Waals surface area contributed by atoms with Crippen molar-refractivity contribution in [3.05, 3.63) is 28.0 Å². The van der Waals surface area contributed by atoms with E-state index in [0.29, 0.717) is 0 Å². The summed E-state index contributed by atoms with van der Waals surface area (Å²) in [5, 5.41) is 7.72. The third-order valence-electron chi connectivity index (χ3n) is 2.31. The molecule has 0 fully saturated rings. The first-order valence-corrected chi connectivity index (χ1v) is 7.33. The molecule has 0 heterocycles. The molecular formula is C10H10Cl2FNO5S. The first-order chi connectivity index (χ1) is 9.20. The fourth-order valence-electron chi connectivity index (χ4n) is 1.25. The number of aliphatic carboxylic acids is 1. The maximum atomic E-state index is 13.4. The van der Waals surface area contributed by atoms with Crippen LogP contribution in [-0.4, -0.2) is 39.3 Å². The van der Waals surface area contributed by atoms with Crippen LogP contribution in [0, 0.1) is 5.82 Å². The van der Waals surface area contributed by atoms with Crippen molar-refractivity contribution >= 4 is 39.2 Å². The van der Waals surface area contributed by atoms with Crippen LogP contribution >= 0.6 is 23.2 Å². The number of benzene rings is 1. The molecule has 112 valence electrons. The largest absolute Gasteiger partial charge is 0.479 e. The van der Waals surface area contributed by atoms with E-state index in [0.717, 1.165) is 19.2 Å². The number of sulfonamides is 1. The van der Waals surface area contributed by atoms with Crippen molar-refractivity contribution in [3.63, 3.8) is 0 Å². The Kier molecular flexibility index (Phi) is 5.72. The monoisotopic (exact) mass is 345 g/mol. The molecule has 0 bridgehead atoms. The summed E-state index contributed by atoms with van der Waals surface area (Å²) in [6.07, 6.45) is -1.37. The van der Waals surface area contributed by atoms with Gasteiger partial charge in [-0.15, -0.1) is 0 Å². The number of nitrogens with one attached hydrogen (secondary N) is 1. The van der Waals surface area contributed by atoms with Gasteiger partial charge in [0.25, 0.3) is 0 Å². The summed E-state index contributed by atoms with van der Waals surface area (Å²) in [6.45, 7) is -0.533. The summed E-state index contributed by atoms with van der Waals surface area (Å²) in [4.78, 5) is 10.1. The summed E-state index contributed by atoms with van der Waals surface area (Å²) in [5.41, 5.74) is 0. The fraction of sp³-hybridized carbons (Fsp3) is 0.300. The van der Waals surface area contributed by atoms with Crippen molar-refractivity contribution in [2.45, 2.75) is 11.0 Å². The van der Waals surface area contributed by atoms with Crippen LogP contribution in [0.1, 0.15) is 0 Å². The van der Waals surface area contributed by atoms with Gasteiger partial charge in [-0.3, -0.25) is 0 Å². The van der Waals surface area contributed by atoms with Gasteiger partial charge < -0.3 is 9.84 Å². The van der Waals surface area contributed by atoms with E-state index < -0.39 is 44.4 Å². The fourth-order valence-corrected chi connectivity index (χ4v) is 3.02. The highest BCUT2D eigenvalue weighted by Gasteiger charge is 2.25. The number of halogens is 3. The van der Waals surface area contributed by atoms with Crippen molar-refractivity contribution in [3.8, 4) is 0 Å². The highest BCUT2D eigenvalue weighted by Crippen LogP contribution is 2.29. The number of carboxylic acid groups (broad SMARTS) is 1. The highest BCUT2D eigenvalue weighted by molar-refractivity contribution is 7.89. The zero-order valence-corrected chi connectivity index (χ0v) is 12.4. The van der Waals surface area contributed by atoms with Crippen LogP contribution in [0.3, 0.4) is 0 Å². The first-order valence-electron chi connectivity index (χ1n) is 5.09. The Balaban J connectivity index is 3.01. The van der Waals surface area contributed by atoms with Gasteiger partial charge in [-0.25, -0.2) is 22.3 Å². The van der Waals surface area contributed by atoms with E-state index in [2.05, 4.69) is 4.74 Å². The standard InChI is InChI=1S/C10H10Cl2FNO5S/c1-19-6(10(15)16)4-14-20(17,18)7-3-2-5(11)9(13)8(7)12/h2-3,6,14H,4H2,1H3,(H,15,16). The molecule has 20 heavy (non-hydrogen) atoms. The van der Waals surface area contributed by atoms with Gasteiger partial charge in [-0.05, 0) is 12.1 Å². The van der Waals surface area contributed by atoms with Gasteiger partial charge in [-0.2, -0.15) is 0 Å². The number of hydrogen-bond donors (Lipinski definition) is 2. The molecule has 0 aliphatic heterocycles. The van der Waals surface area contributed by atoms with Crippen LogP contribution in [0.15, 0.2) is 17.0 Å². The molecule has 0 aromatic heterocycles. The zero-order valence-electron chi connectivity index (χ0n) is 10.1. The molecule has 0 aliphatic rings. The Hall–Kier alpha value is -0.930. The minimum atomic E-state index is -4.19. The molecule has 1 aromatic carbocycles. The van der Waals surface area contributed by atoms with Gasteiger partial charge in [0.15, 0.2) is 11.9 Å².